The zero-order valence-corrected chi connectivity index (χ0v) is 15.0. The van der Waals surface area contributed by atoms with Crippen LogP contribution in [0.3, 0.4) is 0 Å². The van der Waals surface area contributed by atoms with E-state index in [0.717, 1.165) is 11.4 Å². The van der Waals surface area contributed by atoms with Crippen molar-refractivity contribution >= 4 is 30.7 Å². The Kier molecular flexibility index (Phi) is 9.72. The lowest BCUT2D eigenvalue weighted by Gasteiger charge is -2.30. The number of aromatic nitrogens is 2. The topological polar surface area (TPSA) is 72.9 Å². The summed E-state index contributed by atoms with van der Waals surface area (Å²) in [4.78, 5) is 12.2. The van der Waals surface area contributed by atoms with Gasteiger partial charge in [-0.25, -0.2) is 0 Å². The lowest BCUT2D eigenvalue weighted by molar-refractivity contribution is -0.123. The van der Waals surface area contributed by atoms with Gasteiger partial charge in [-0.2, -0.15) is 5.10 Å². The Hall–Kier alpha value is -0.780. The van der Waals surface area contributed by atoms with Gasteiger partial charge in [0, 0.05) is 18.3 Å². The molecule has 0 bridgehead atoms. The van der Waals surface area contributed by atoms with Crippen LogP contribution in [0, 0.1) is 19.8 Å². The molecule has 1 amide bonds. The molecular formula is C15H28Cl2N4O. The lowest BCUT2D eigenvalue weighted by atomic mass is 9.84. The van der Waals surface area contributed by atoms with Crippen LogP contribution in [0.1, 0.15) is 43.5 Å². The Balaban J connectivity index is 0.00000220. The summed E-state index contributed by atoms with van der Waals surface area (Å²) >= 11 is 0. The summed E-state index contributed by atoms with van der Waals surface area (Å²) in [6.07, 6.45) is 6.20. The molecule has 1 saturated carbocycles. The van der Waals surface area contributed by atoms with Gasteiger partial charge in [0.05, 0.1) is 5.69 Å². The summed E-state index contributed by atoms with van der Waals surface area (Å²) in [5, 5.41) is 7.42. The van der Waals surface area contributed by atoms with Crippen LogP contribution in [-0.2, 0) is 11.3 Å². The summed E-state index contributed by atoms with van der Waals surface area (Å²) in [5.74, 6) is 0.551. The van der Waals surface area contributed by atoms with Gasteiger partial charge in [0.25, 0.3) is 0 Å². The maximum atomic E-state index is 12.2. The molecule has 0 saturated heterocycles. The van der Waals surface area contributed by atoms with Crippen molar-refractivity contribution in [1.82, 2.24) is 15.1 Å². The second-order valence-corrected chi connectivity index (χ2v) is 5.89. The van der Waals surface area contributed by atoms with Crippen molar-refractivity contribution in [1.29, 1.82) is 0 Å². The number of halogens is 2. The van der Waals surface area contributed by atoms with Crippen LogP contribution in [0.25, 0.3) is 0 Å². The molecule has 5 nitrogen and oxygen atoms in total. The Morgan fingerprint density at radius 2 is 2.00 bits per heavy atom. The van der Waals surface area contributed by atoms with Crippen LogP contribution >= 0.6 is 24.8 Å². The molecule has 1 unspecified atom stereocenters. The van der Waals surface area contributed by atoms with Crippen LogP contribution in [0.15, 0.2) is 6.07 Å². The predicted octanol–water partition coefficient (Wildman–Crippen LogP) is 2.37. The third-order valence-corrected chi connectivity index (χ3v) is 4.22. The minimum Gasteiger partial charge on any atom is -0.350 e. The van der Waals surface area contributed by atoms with Gasteiger partial charge in [-0.05, 0) is 38.7 Å². The number of carbonyl (C=O) groups excluding carboxylic acids is 1. The Morgan fingerprint density at radius 3 is 2.50 bits per heavy atom. The fraction of sp³-hybridized carbons (Fsp3) is 0.733. The first kappa shape index (κ1) is 21.2. The highest BCUT2D eigenvalue weighted by Crippen LogP contribution is 2.26. The van der Waals surface area contributed by atoms with E-state index in [0.29, 0.717) is 12.5 Å². The first-order chi connectivity index (χ1) is 9.60. The van der Waals surface area contributed by atoms with Crippen LogP contribution < -0.4 is 11.1 Å². The molecule has 1 aromatic rings. The van der Waals surface area contributed by atoms with Crippen molar-refractivity contribution in [3.8, 4) is 0 Å². The monoisotopic (exact) mass is 350 g/mol. The molecule has 0 aromatic carbocycles. The molecule has 2 rings (SSSR count). The number of hydrogen-bond acceptors (Lipinski definition) is 3. The van der Waals surface area contributed by atoms with E-state index in [1.807, 2.05) is 19.9 Å². The average molecular weight is 351 g/mol. The first-order valence-electron chi connectivity index (χ1n) is 7.60. The standard InChI is InChI=1S/C15H26N4O.2ClH/c1-11-8-12(2)19(18-11)10-15(20)17-14(9-16)13-6-4-3-5-7-13;;/h8,13-14H,3-7,9-10,16H2,1-2H3,(H,17,20);2*1H. The Bertz CT molecular complexity index is 458. The van der Waals surface area contributed by atoms with Gasteiger partial charge in [-0.1, -0.05) is 19.3 Å². The van der Waals surface area contributed by atoms with Crippen LogP contribution in [-0.4, -0.2) is 28.3 Å². The number of nitrogens with one attached hydrogen (secondary N) is 1. The smallest absolute Gasteiger partial charge is 0.242 e. The van der Waals surface area contributed by atoms with Gasteiger partial charge < -0.3 is 11.1 Å². The molecular weight excluding hydrogens is 323 g/mol. The molecule has 1 aromatic heterocycles. The first-order valence-corrected chi connectivity index (χ1v) is 7.60. The second kappa shape index (κ2) is 10.1. The molecule has 7 heteroatoms. The summed E-state index contributed by atoms with van der Waals surface area (Å²) in [6.45, 7) is 4.71. The van der Waals surface area contributed by atoms with Gasteiger partial charge in [-0.15, -0.1) is 24.8 Å². The molecule has 1 fully saturated rings. The number of amides is 1. The molecule has 0 aliphatic heterocycles. The summed E-state index contributed by atoms with van der Waals surface area (Å²) in [7, 11) is 0. The highest BCUT2D eigenvalue weighted by molar-refractivity contribution is 5.85. The summed E-state index contributed by atoms with van der Waals surface area (Å²) in [5.41, 5.74) is 7.80. The fourth-order valence-corrected chi connectivity index (χ4v) is 3.13. The second-order valence-electron chi connectivity index (χ2n) is 5.89. The molecule has 1 atom stereocenters. The van der Waals surface area contributed by atoms with Gasteiger partial charge in [0.1, 0.15) is 6.54 Å². The summed E-state index contributed by atoms with van der Waals surface area (Å²) in [6, 6.07) is 2.09. The van der Waals surface area contributed by atoms with Crippen LogP contribution in [0.2, 0.25) is 0 Å². The van der Waals surface area contributed by atoms with Crippen molar-refractivity contribution in [3.05, 3.63) is 17.5 Å². The summed E-state index contributed by atoms with van der Waals surface area (Å²) < 4.78 is 1.75. The van der Waals surface area contributed by atoms with E-state index in [-0.39, 0.29) is 43.3 Å². The number of hydrogen-bond donors (Lipinski definition) is 2. The largest absolute Gasteiger partial charge is 0.350 e. The number of aryl methyl sites for hydroxylation is 2. The number of nitrogens with zero attached hydrogens (tertiary/aromatic N) is 2. The number of nitrogens with two attached hydrogens (primary N) is 1. The maximum Gasteiger partial charge on any atom is 0.242 e. The third-order valence-electron chi connectivity index (χ3n) is 4.22. The van der Waals surface area contributed by atoms with Gasteiger partial charge in [0.15, 0.2) is 0 Å². The minimum absolute atomic E-state index is 0. The maximum absolute atomic E-state index is 12.2. The zero-order chi connectivity index (χ0) is 14.5. The zero-order valence-electron chi connectivity index (χ0n) is 13.4. The predicted molar refractivity (Wildman–Crippen MR) is 93.8 cm³/mol. The number of carbonyl (C=O) groups is 1. The lowest BCUT2D eigenvalue weighted by Crippen LogP contribution is -2.47. The molecule has 1 aliphatic carbocycles. The molecule has 1 heterocycles. The fourth-order valence-electron chi connectivity index (χ4n) is 3.13. The molecule has 0 radical (unpaired) electrons. The molecule has 0 spiro atoms. The average Bonchev–Trinajstić information content (AvgIpc) is 2.75. The SMILES string of the molecule is Cc1cc(C)n(CC(=O)NC(CN)C2CCCCC2)n1.Cl.Cl. The van der Waals surface area contributed by atoms with E-state index in [1.54, 1.807) is 4.68 Å². The van der Waals surface area contributed by atoms with Crippen molar-refractivity contribution in [2.75, 3.05) is 6.54 Å². The van der Waals surface area contributed by atoms with E-state index >= 15 is 0 Å². The van der Waals surface area contributed by atoms with Gasteiger partial charge >= 0.3 is 0 Å². The van der Waals surface area contributed by atoms with E-state index in [2.05, 4.69) is 10.4 Å². The van der Waals surface area contributed by atoms with Crippen LogP contribution in [0.5, 0.6) is 0 Å². The molecule has 22 heavy (non-hydrogen) atoms. The normalized spacial score (nSPS) is 16.3. The van der Waals surface area contributed by atoms with E-state index < -0.39 is 0 Å². The molecule has 1 aliphatic rings. The minimum atomic E-state index is 0. The van der Waals surface area contributed by atoms with Gasteiger partial charge in [0.2, 0.25) is 5.91 Å². The van der Waals surface area contributed by atoms with Crippen molar-refractivity contribution in [2.45, 2.75) is 58.5 Å². The van der Waals surface area contributed by atoms with E-state index in [1.165, 1.54) is 32.1 Å². The van der Waals surface area contributed by atoms with E-state index in [9.17, 15) is 4.79 Å². The van der Waals surface area contributed by atoms with Crippen LogP contribution in [0.4, 0.5) is 0 Å². The number of rotatable bonds is 5. The highest BCUT2D eigenvalue weighted by Gasteiger charge is 2.24. The third kappa shape index (κ3) is 5.78. The Labute approximate surface area is 145 Å². The quantitative estimate of drug-likeness (QED) is 0.855. The van der Waals surface area contributed by atoms with Crippen molar-refractivity contribution in [3.63, 3.8) is 0 Å². The molecule has 3 N–H and O–H groups in total. The van der Waals surface area contributed by atoms with Crippen molar-refractivity contribution < 1.29 is 4.79 Å². The van der Waals surface area contributed by atoms with Crippen molar-refractivity contribution in [2.24, 2.45) is 11.7 Å². The van der Waals surface area contributed by atoms with E-state index in [4.69, 9.17) is 5.73 Å². The molecule has 128 valence electrons. The Morgan fingerprint density at radius 1 is 1.36 bits per heavy atom. The van der Waals surface area contributed by atoms with Gasteiger partial charge in [-0.3, -0.25) is 9.48 Å². The highest BCUT2D eigenvalue weighted by atomic mass is 35.5.